The van der Waals surface area contributed by atoms with Crippen LogP contribution in [0.2, 0.25) is 0 Å². The predicted molar refractivity (Wildman–Crippen MR) is 111 cm³/mol. The van der Waals surface area contributed by atoms with E-state index in [2.05, 4.69) is 17.0 Å². The number of amides is 1. The summed E-state index contributed by atoms with van der Waals surface area (Å²) in [6.45, 7) is 1.89. The summed E-state index contributed by atoms with van der Waals surface area (Å²) in [4.78, 5) is 22.1. The Kier molecular flexibility index (Phi) is 20.3. The molecule has 0 spiro atoms. The predicted octanol–water partition coefficient (Wildman–Crippen LogP) is 4.90. The normalized spacial score (nSPS) is 10.7. The van der Waals surface area contributed by atoms with E-state index in [4.69, 9.17) is 5.11 Å². The molecular formula is C22H43NO4. The monoisotopic (exact) mass is 385 g/mol. The Morgan fingerprint density at radius 3 is 1.52 bits per heavy atom. The molecule has 0 saturated heterocycles. The number of aliphatic hydroxyl groups is 1. The fourth-order valence-corrected chi connectivity index (χ4v) is 3.14. The van der Waals surface area contributed by atoms with E-state index in [1.54, 1.807) is 0 Å². The summed E-state index contributed by atoms with van der Waals surface area (Å²) >= 11 is 0. The Morgan fingerprint density at radius 1 is 0.704 bits per heavy atom. The van der Waals surface area contributed by atoms with Crippen molar-refractivity contribution in [1.82, 2.24) is 5.32 Å². The lowest BCUT2D eigenvalue weighted by atomic mass is 10.0. The smallest absolute Gasteiger partial charge is 0.332 e. The minimum Gasteiger partial charge on any atom is -0.454 e. The molecule has 0 rings (SSSR count). The molecule has 0 aliphatic rings. The second-order valence-electron chi connectivity index (χ2n) is 7.47. The molecule has 5 nitrogen and oxygen atoms in total. The average molecular weight is 386 g/mol. The van der Waals surface area contributed by atoms with Crippen molar-refractivity contribution in [3.8, 4) is 0 Å². The molecule has 0 bridgehead atoms. The van der Waals surface area contributed by atoms with Crippen LogP contribution in [0.5, 0.6) is 0 Å². The second kappa shape index (κ2) is 21.2. The Balaban J connectivity index is 3.12. The van der Waals surface area contributed by atoms with Crippen molar-refractivity contribution in [1.29, 1.82) is 0 Å². The third-order valence-corrected chi connectivity index (χ3v) is 4.85. The number of esters is 1. The lowest BCUT2D eigenvalue weighted by Gasteiger charge is -2.06. The number of hydrogen-bond donors (Lipinski definition) is 2. The molecule has 0 heterocycles. The number of rotatable bonds is 20. The molecule has 0 radical (unpaired) electrons. The van der Waals surface area contributed by atoms with Gasteiger partial charge in [0.15, 0.2) is 6.61 Å². The van der Waals surface area contributed by atoms with Crippen LogP contribution in [-0.2, 0) is 14.3 Å². The highest BCUT2D eigenvalue weighted by atomic mass is 16.5. The van der Waals surface area contributed by atoms with Crippen LogP contribution in [0, 0.1) is 0 Å². The Morgan fingerprint density at radius 2 is 1.11 bits per heavy atom. The number of hydrogen-bond acceptors (Lipinski definition) is 4. The topological polar surface area (TPSA) is 75.6 Å². The van der Waals surface area contributed by atoms with E-state index in [0.717, 1.165) is 12.8 Å². The number of ether oxygens (including phenoxy) is 1. The van der Waals surface area contributed by atoms with Crippen molar-refractivity contribution in [2.24, 2.45) is 0 Å². The number of carbonyl (C=O) groups is 2. The first-order valence-corrected chi connectivity index (χ1v) is 11.2. The van der Waals surface area contributed by atoms with Crippen LogP contribution in [-0.4, -0.2) is 36.7 Å². The molecule has 1 amide bonds. The standard InChI is InChI=1S/C22H43NO4/c1-2-3-4-5-6-7-8-9-10-11-12-13-14-15-16-17-18-23-21(25)20-27-22(26)19-24/h24H,2-20H2,1H3,(H,23,25). The van der Waals surface area contributed by atoms with Crippen LogP contribution in [0.3, 0.4) is 0 Å². The van der Waals surface area contributed by atoms with E-state index in [-0.39, 0.29) is 12.5 Å². The van der Waals surface area contributed by atoms with Crippen LogP contribution in [0.25, 0.3) is 0 Å². The first-order chi connectivity index (χ1) is 13.2. The summed E-state index contributed by atoms with van der Waals surface area (Å²) in [6.07, 6.45) is 21.2. The number of aliphatic hydroxyl groups excluding tert-OH is 1. The summed E-state index contributed by atoms with van der Waals surface area (Å²) in [5, 5.41) is 11.2. The third kappa shape index (κ3) is 21.1. The van der Waals surface area contributed by atoms with Crippen molar-refractivity contribution in [3.63, 3.8) is 0 Å². The zero-order valence-electron chi connectivity index (χ0n) is 17.6. The molecule has 27 heavy (non-hydrogen) atoms. The third-order valence-electron chi connectivity index (χ3n) is 4.85. The van der Waals surface area contributed by atoms with E-state index in [9.17, 15) is 9.59 Å². The van der Waals surface area contributed by atoms with Crippen LogP contribution in [0.15, 0.2) is 0 Å². The van der Waals surface area contributed by atoms with Gasteiger partial charge in [0, 0.05) is 6.54 Å². The molecule has 2 N–H and O–H groups in total. The number of nitrogens with one attached hydrogen (secondary N) is 1. The van der Waals surface area contributed by atoms with E-state index in [1.165, 1.54) is 89.9 Å². The Bertz CT molecular complexity index is 347. The van der Waals surface area contributed by atoms with Gasteiger partial charge in [0.05, 0.1) is 0 Å². The highest BCUT2D eigenvalue weighted by molar-refractivity contribution is 5.80. The molecular weight excluding hydrogens is 342 g/mol. The highest BCUT2D eigenvalue weighted by Gasteiger charge is 2.05. The minimum atomic E-state index is -0.771. The zero-order valence-corrected chi connectivity index (χ0v) is 17.6. The minimum absolute atomic E-state index is 0.307. The first kappa shape index (κ1) is 25.9. The molecule has 5 heteroatoms. The maximum Gasteiger partial charge on any atom is 0.332 e. The molecule has 0 aliphatic heterocycles. The summed E-state index contributed by atoms with van der Waals surface area (Å²) < 4.78 is 4.54. The van der Waals surface area contributed by atoms with Gasteiger partial charge in [-0.05, 0) is 6.42 Å². The van der Waals surface area contributed by atoms with Crippen LogP contribution >= 0.6 is 0 Å². The largest absolute Gasteiger partial charge is 0.454 e. The molecule has 0 aliphatic carbocycles. The maximum atomic E-state index is 11.4. The Hall–Kier alpha value is -1.10. The first-order valence-electron chi connectivity index (χ1n) is 11.2. The van der Waals surface area contributed by atoms with Crippen molar-refractivity contribution >= 4 is 11.9 Å². The van der Waals surface area contributed by atoms with E-state index < -0.39 is 12.6 Å². The average Bonchev–Trinajstić information content (AvgIpc) is 2.68. The van der Waals surface area contributed by atoms with E-state index in [1.807, 2.05) is 0 Å². The number of unbranched alkanes of at least 4 members (excludes halogenated alkanes) is 15. The molecule has 0 aromatic carbocycles. The fourth-order valence-electron chi connectivity index (χ4n) is 3.14. The highest BCUT2D eigenvalue weighted by Crippen LogP contribution is 2.13. The van der Waals surface area contributed by atoms with Gasteiger partial charge in [-0.15, -0.1) is 0 Å². The van der Waals surface area contributed by atoms with Gasteiger partial charge in [-0.25, -0.2) is 4.79 Å². The maximum absolute atomic E-state index is 11.4. The van der Waals surface area contributed by atoms with Gasteiger partial charge in [-0.3, -0.25) is 4.79 Å². The summed E-state index contributed by atoms with van der Waals surface area (Å²) in [5.74, 6) is -1.08. The van der Waals surface area contributed by atoms with Gasteiger partial charge in [0.1, 0.15) is 6.61 Å². The second-order valence-corrected chi connectivity index (χ2v) is 7.47. The number of carbonyl (C=O) groups excluding carboxylic acids is 2. The van der Waals surface area contributed by atoms with Gasteiger partial charge >= 0.3 is 5.97 Å². The summed E-state index contributed by atoms with van der Waals surface area (Å²) in [7, 11) is 0. The lowest BCUT2D eigenvalue weighted by Crippen LogP contribution is -2.30. The van der Waals surface area contributed by atoms with E-state index in [0.29, 0.717) is 6.54 Å². The van der Waals surface area contributed by atoms with E-state index >= 15 is 0 Å². The lowest BCUT2D eigenvalue weighted by molar-refractivity contribution is -0.151. The molecule has 160 valence electrons. The van der Waals surface area contributed by atoms with Gasteiger partial charge in [0.2, 0.25) is 0 Å². The van der Waals surface area contributed by atoms with Crippen molar-refractivity contribution in [2.75, 3.05) is 19.8 Å². The quantitative estimate of drug-likeness (QED) is 0.231. The van der Waals surface area contributed by atoms with Crippen molar-refractivity contribution in [2.45, 2.75) is 110 Å². The molecule has 0 aromatic rings. The zero-order chi connectivity index (χ0) is 20.0. The molecule has 0 atom stereocenters. The SMILES string of the molecule is CCCCCCCCCCCCCCCCCCNC(=O)COC(=O)CO. The van der Waals surface area contributed by atoms with Crippen molar-refractivity contribution < 1.29 is 19.4 Å². The van der Waals surface area contributed by atoms with Gasteiger partial charge in [-0.2, -0.15) is 0 Å². The van der Waals surface area contributed by atoms with Crippen LogP contribution in [0.1, 0.15) is 110 Å². The van der Waals surface area contributed by atoms with Crippen LogP contribution < -0.4 is 5.32 Å². The molecule has 0 saturated carbocycles. The fraction of sp³-hybridized carbons (Fsp3) is 0.909. The summed E-state index contributed by atoms with van der Waals surface area (Å²) in [5.41, 5.74) is 0. The molecule has 0 aromatic heterocycles. The van der Waals surface area contributed by atoms with Gasteiger partial charge in [-0.1, -0.05) is 103 Å². The Labute approximate surface area is 166 Å². The van der Waals surface area contributed by atoms with Gasteiger partial charge in [0.25, 0.3) is 5.91 Å². The molecule has 0 fully saturated rings. The van der Waals surface area contributed by atoms with Crippen LogP contribution in [0.4, 0.5) is 0 Å². The van der Waals surface area contributed by atoms with Crippen molar-refractivity contribution in [3.05, 3.63) is 0 Å². The van der Waals surface area contributed by atoms with Gasteiger partial charge < -0.3 is 15.2 Å². The summed E-state index contributed by atoms with van der Waals surface area (Å²) in [6, 6.07) is 0. The molecule has 0 unspecified atom stereocenters.